The lowest BCUT2D eigenvalue weighted by Gasteiger charge is -2.29. The van der Waals surface area contributed by atoms with Crippen molar-refractivity contribution in [2.45, 2.75) is 19.4 Å². The van der Waals surface area contributed by atoms with Gasteiger partial charge < -0.3 is 14.2 Å². The number of pyridine rings is 1. The quantitative estimate of drug-likeness (QED) is 0.635. The maximum atomic E-state index is 9.48. The molecule has 1 saturated carbocycles. The summed E-state index contributed by atoms with van der Waals surface area (Å²) in [7, 11) is 0. The van der Waals surface area contributed by atoms with Gasteiger partial charge in [0.15, 0.2) is 11.5 Å². The molecule has 5 rings (SSSR count). The van der Waals surface area contributed by atoms with E-state index in [0.29, 0.717) is 19.8 Å². The van der Waals surface area contributed by atoms with Crippen LogP contribution in [0.1, 0.15) is 12.8 Å². The maximum Gasteiger partial charge on any atom is 0.164 e. The van der Waals surface area contributed by atoms with Crippen molar-refractivity contribution in [2.24, 2.45) is 5.41 Å². The second-order valence-electron chi connectivity index (χ2n) is 7.12. The summed E-state index contributed by atoms with van der Waals surface area (Å²) < 4.78 is 10.0. The van der Waals surface area contributed by atoms with Gasteiger partial charge in [-0.05, 0) is 34.8 Å². The minimum atomic E-state index is -0.265. The first kappa shape index (κ1) is 16.7. The highest BCUT2D eigenvalue weighted by molar-refractivity contribution is 9.10. The molecular weight excluding hydrogens is 410 g/mol. The van der Waals surface area contributed by atoms with E-state index in [-0.39, 0.29) is 5.41 Å². The first-order valence-corrected chi connectivity index (χ1v) is 9.78. The number of fused-ring (bicyclic) bond motifs is 1. The third-order valence-electron chi connectivity index (χ3n) is 5.25. The van der Waals surface area contributed by atoms with Gasteiger partial charge in [-0.1, -0.05) is 0 Å². The number of ether oxygens (including phenoxy) is 1. The van der Waals surface area contributed by atoms with E-state index in [1.54, 1.807) is 4.68 Å². The molecule has 1 aliphatic carbocycles. The fraction of sp³-hybridized carbons (Fsp3) is 0.444. The molecule has 8 nitrogen and oxygen atoms in total. The van der Waals surface area contributed by atoms with Crippen LogP contribution in [0, 0.1) is 16.7 Å². The molecule has 9 heteroatoms. The van der Waals surface area contributed by atoms with Gasteiger partial charge in [0, 0.05) is 31.9 Å². The van der Waals surface area contributed by atoms with Crippen LogP contribution in [-0.4, -0.2) is 50.6 Å². The van der Waals surface area contributed by atoms with Gasteiger partial charge in [0.05, 0.1) is 36.7 Å². The Bertz CT molecular complexity index is 1040. The van der Waals surface area contributed by atoms with Crippen LogP contribution in [0.25, 0.3) is 17.0 Å². The molecular formula is C18H18BrN7O. The average molecular weight is 428 g/mol. The van der Waals surface area contributed by atoms with E-state index in [4.69, 9.17) is 9.72 Å². The van der Waals surface area contributed by atoms with E-state index in [1.165, 1.54) is 0 Å². The Morgan fingerprint density at radius 1 is 1.30 bits per heavy atom. The van der Waals surface area contributed by atoms with E-state index in [2.05, 4.69) is 37.0 Å². The molecule has 27 heavy (non-hydrogen) atoms. The normalized spacial score (nSPS) is 18.6. The van der Waals surface area contributed by atoms with Gasteiger partial charge in [0.2, 0.25) is 0 Å². The van der Waals surface area contributed by atoms with Gasteiger partial charge in [-0.25, -0.2) is 14.6 Å². The highest BCUT2D eigenvalue weighted by Gasteiger charge is 2.43. The van der Waals surface area contributed by atoms with Crippen LogP contribution in [0.3, 0.4) is 0 Å². The number of halogens is 1. The largest absolute Gasteiger partial charge is 0.378 e. The van der Waals surface area contributed by atoms with Crippen LogP contribution >= 0.6 is 15.9 Å². The monoisotopic (exact) mass is 427 g/mol. The van der Waals surface area contributed by atoms with Gasteiger partial charge in [0.1, 0.15) is 10.1 Å². The first-order chi connectivity index (χ1) is 13.2. The molecule has 3 aromatic rings. The fourth-order valence-corrected chi connectivity index (χ4v) is 3.78. The lowest BCUT2D eigenvalue weighted by Crippen LogP contribution is -2.36. The average Bonchev–Trinajstić information content (AvgIpc) is 3.16. The Morgan fingerprint density at radius 2 is 2.11 bits per heavy atom. The number of nitrogens with zero attached hydrogens (tertiary/aromatic N) is 7. The maximum absolute atomic E-state index is 9.48. The zero-order valence-corrected chi connectivity index (χ0v) is 16.3. The molecule has 2 aliphatic rings. The van der Waals surface area contributed by atoms with Crippen molar-refractivity contribution in [1.29, 1.82) is 5.26 Å². The van der Waals surface area contributed by atoms with Crippen molar-refractivity contribution in [3.8, 4) is 11.9 Å². The molecule has 1 saturated heterocycles. The topological polar surface area (TPSA) is 84.8 Å². The summed E-state index contributed by atoms with van der Waals surface area (Å²) in [5.74, 6) is 0.734. The summed E-state index contributed by atoms with van der Waals surface area (Å²) in [5.41, 5.74) is 2.42. The Labute approximate surface area is 164 Å². The van der Waals surface area contributed by atoms with Gasteiger partial charge >= 0.3 is 0 Å². The number of hydrogen-bond donors (Lipinski definition) is 0. The van der Waals surface area contributed by atoms with Crippen LogP contribution in [0.5, 0.6) is 0 Å². The molecule has 0 N–H and O–H groups in total. The standard InChI is InChI=1S/C18H18BrN7O/c19-14-1-4-26(23-14)15-9-13(24-5-7-27-8-6-24)16-17(22-15)25(12-21-16)11-18(10-20)2-3-18/h1,4,9,12H,2-3,5-8,11H2. The molecule has 0 aromatic carbocycles. The molecule has 0 bridgehead atoms. The predicted molar refractivity (Wildman–Crippen MR) is 103 cm³/mol. The second-order valence-corrected chi connectivity index (χ2v) is 7.93. The zero-order chi connectivity index (χ0) is 18.4. The summed E-state index contributed by atoms with van der Waals surface area (Å²) in [6.07, 6.45) is 5.55. The summed E-state index contributed by atoms with van der Waals surface area (Å²) in [6, 6.07) is 6.37. The number of anilines is 1. The predicted octanol–water partition coefficient (Wildman–Crippen LogP) is 2.52. The Balaban J connectivity index is 1.65. The smallest absolute Gasteiger partial charge is 0.164 e. The second kappa shape index (κ2) is 6.32. The third-order valence-corrected chi connectivity index (χ3v) is 5.67. The van der Waals surface area contributed by atoms with Gasteiger partial charge in [-0.3, -0.25) is 0 Å². The summed E-state index contributed by atoms with van der Waals surface area (Å²) >= 11 is 3.40. The van der Waals surface area contributed by atoms with E-state index >= 15 is 0 Å². The minimum Gasteiger partial charge on any atom is -0.378 e. The van der Waals surface area contributed by atoms with Crippen LogP contribution in [0.4, 0.5) is 5.69 Å². The van der Waals surface area contributed by atoms with Crippen molar-refractivity contribution in [3.63, 3.8) is 0 Å². The molecule has 0 spiro atoms. The number of imidazole rings is 1. The summed E-state index contributed by atoms with van der Waals surface area (Å²) in [5, 5.41) is 13.9. The minimum absolute atomic E-state index is 0.265. The molecule has 0 unspecified atom stereocenters. The van der Waals surface area contributed by atoms with Crippen LogP contribution in [-0.2, 0) is 11.3 Å². The highest BCUT2D eigenvalue weighted by Crippen LogP contribution is 2.46. The van der Waals surface area contributed by atoms with E-state index in [0.717, 1.165) is 53.2 Å². The van der Waals surface area contributed by atoms with E-state index < -0.39 is 0 Å². The number of rotatable bonds is 4. The number of aromatic nitrogens is 5. The fourth-order valence-electron chi connectivity index (χ4n) is 3.50. The van der Waals surface area contributed by atoms with Gasteiger partial charge in [0.25, 0.3) is 0 Å². The van der Waals surface area contributed by atoms with Crippen LogP contribution in [0.2, 0.25) is 0 Å². The summed E-state index contributed by atoms with van der Waals surface area (Å²) in [6.45, 7) is 3.66. The lowest BCUT2D eigenvalue weighted by molar-refractivity contribution is 0.123. The Kier molecular flexibility index (Phi) is 3.91. The molecule has 1 aliphatic heterocycles. The van der Waals surface area contributed by atoms with Crippen LogP contribution < -0.4 is 4.90 Å². The lowest BCUT2D eigenvalue weighted by atomic mass is 10.1. The molecule has 0 amide bonds. The summed E-state index contributed by atoms with van der Waals surface area (Å²) in [4.78, 5) is 11.8. The van der Waals surface area contributed by atoms with Crippen molar-refractivity contribution in [3.05, 3.63) is 29.3 Å². The molecule has 3 aromatic heterocycles. The molecule has 138 valence electrons. The van der Waals surface area contributed by atoms with Gasteiger partial charge in [-0.2, -0.15) is 10.4 Å². The molecule has 4 heterocycles. The zero-order valence-electron chi connectivity index (χ0n) is 14.7. The van der Waals surface area contributed by atoms with Crippen molar-refractivity contribution < 1.29 is 4.74 Å². The molecule has 0 atom stereocenters. The first-order valence-electron chi connectivity index (χ1n) is 8.99. The Morgan fingerprint density at radius 3 is 2.78 bits per heavy atom. The van der Waals surface area contributed by atoms with E-state index in [1.807, 2.05) is 29.2 Å². The highest BCUT2D eigenvalue weighted by atomic mass is 79.9. The Hall–Kier alpha value is -2.44. The van der Waals surface area contributed by atoms with Crippen molar-refractivity contribution >= 4 is 32.8 Å². The SMILES string of the molecule is N#CC1(Cn2cnc3c(N4CCOCC4)cc(-n4ccc(Br)n4)nc32)CC1. The number of morpholine rings is 1. The molecule has 2 fully saturated rings. The third kappa shape index (κ3) is 2.99. The molecule has 0 radical (unpaired) electrons. The van der Waals surface area contributed by atoms with Gasteiger partial charge in [-0.15, -0.1) is 0 Å². The van der Waals surface area contributed by atoms with Crippen LogP contribution in [0.15, 0.2) is 29.3 Å². The van der Waals surface area contributed by atoms with E-state index in [9.17, 15) is 5.26 Å². The van der Waals surface area contributed by atoms with Crippen molar-refractivity contribution in [1.82, 2.24) is 24.3 Å². The number of hydrogen-bond acceptors (Lipinski definition) is 6. The number of nitriles is 1. The van der Waals surface area contributed by atoms with Crippen molar-refractivity contribution in [2.75, 3.05) is 31.2 Å².